The molecule has 170 valence electrons. The van der Waals surface area contributed by atoms with Crippen molar-refractivity contribution in [3.63, 3.8) is 0 Å². The molecule has 0 aliphatic heterocycles. The van der Waals surface area contributed by atoms with Crippen LogP contribution in [0.15, 0.2) is 0 Å². The Kier molecular flexibility index (Phi) is 9.98. The van der Waals surface area contributed by atoms with Crippen LogP contribution in [-0.2, 0) is 19.1 Å². The highest BCUT2D eigenvalue weighted by Crippen LogP contribution is 2.38. The zero-order valence-corrected chi connectivity index (χ0v) is 16.9. The van der Waals surface area contributed by atoms with E-state index in [2.05, 4.69) is 15.9 Å². The molecule has 0 radical (unpaired) electrons. The summed E-state index contributed by atoms with van der Waals surface area (Å²) in [6, 6.07) is -2.12. The fraction of sp³-hybridized carbons (Fsp3) is 0.750. The Bertz CT molecular complexity index is 639. The number of carboxylic acids is 1. The molecule has 0 aromatic rings. The van der Waals surface area contributed by atoms with Crippen molar-refractivity contribution in [1.29, 1.82) is 5.41 Å². The summed E-state index contributed by atoms with van der Waals surface area (Å²) < 4.78 is 5.59. The van der Waals surface area contributed by atoms with Crippen molar-refractivity contribution < 1.29 is 39.5 Å². The summed E-state index contributed by atoms with van der Waals surface area (Å²) in [6.45, 7) is 1.56. The molecule has 13 nitrogen and oxygen atoms in total. The van der Waals surface area contributed by atoms with E-state index < -0.39 is 79.2 Å². The SMILES string of the molecule is CBNC(=O)CO[C@H]1[C@@H]([C@H](NC(C)=O)[C@@H](O)[C@@H](O)CO)[C@H](NC(=N)N)C[C@@H]1C(=O)O. The summed E-state index contributed by atoms with van der Waals surface area (Å²) in [5, 5.41) is 54.4. The molecule has 1 aliphatic rings. The van der Waals surface area contributed by atoms with Crippen molar-refractivity contribution >= 4 is 31.2 Å². The van der Waals surface area contributed by atoms with E-state index in [0.29, 0.717) is 7.41 Å². The van der Waals surface area contributed by atoms with E-state index in [4.69, 9.17) is 15.9 Å². The third kappa shape index (κ3) is 6.83. The number of carbonyl (C=O) groups excluding carboxylic acids is 2. The number of aliphatic hydroxyl groups is 3. The molecule has 0 aromatic heterocycles. The van der Waals surface area contributed by atoms with Crippen molar-refractivity contribution in [1.82, 2.24) is 15.9 Å². The molecule has 1 aliphatic carbocycles. The molecule has 0 spiro atoms. The van der Waals surface area contributed by atoms with Crippen molar-refractivity contribution in [3.8, 4) is 0 Å². The molecule has 10 N–H and O–H groups in total. The molecule has 7 atom stereocenters. The lowest BCUT2D eigenvalue weighted by atomic mass is 9.85. The van der Waals surface area contributed by atoms with Crippen LogP contribution in [0, 0.1) is 17.2 Å². The van der Waals surface area contributed by atoms with Gasteiger partial charge in [-0.1, -0.05) is 6.82 Å². The summed E-state index contributed by atoms with van der Waals surface area (Å²) in [6.07, 6.45) is -4.60. The number of rotatable bonds is 11. The number of nitrogens with one attached hydrogen (secondary N) is 4. The Balaban J connectivity index is 3.34. The van der Waals surface area contributed by atoms with E-state index in [0.717, 1.165) is 6.92 Å². The van der Waals surface area contributed by atoms with Crippen LogP contribution in [0.4, 0.5) is 0 Å². The van der Waals surface area contributed by atoms with Gasteiger partial charge in [0.1, 0.15) is 18.8 Å². The van der Waals surface area contributed by atoms with Gasteiger partial charge in [0.25, 0.3) is 0 Å². The molecule has 1 saturated carbocycles. The smallest absolute Gasteiger partial charge is 0.309 e. The first kappa shape index (κ1) is 25.6. The van der Waals surface area contributed by atoms with Gasteiger partial charge in [-0.3, -0.25) is 19.8 Å². The second-order valence-corrected chi connectivity index (χ2v) is 7.12. The molecule has 1 rings (SSSR count). The van der Waals surface area contributed by atoms with Crippen LogP contribution in [0.5, 0.6) is 0 Å². The maximum absolute atomic E-state index is 11.8. The van der Waals surface area contributed by atoms with Gasteiger partial charge in [-0.15, -0.1) is 0 Å². The molecule has 0 heterocycles. The molecular formula is C16H30BN5O8. The van der Waals surface area contributed by atoms with Crippen molar-refractivity contribution in [2.75, 3.05) is 13.2 Å². The van der Waals surface area contributed by atoms with Crippen LogP contribution in [0.1, 0.15) is 13.3 Å². The topological polar surface area (TPSA) is 227 Å². The lowest BCUT2D eigenvalue weighted by Gasteiger charge is -2.37. The summed E-state index contributed by atoms with van der Waals surface area (Å²) in [4.78, 5) is 35.4. The Morgan fingerprint density at radius 3 is 2.43 bits per heavy atom. The van der Waals surface area contributed by atoms with Gasteiger partial charge in [-0.05, 0) is 6.42 Å². The van der Waals surface area contributed by atoms with E-state index in [1.165, 1.54) is 0 Å². The van der Waals surface area contributed by atoms with Crippen molar-refractivity contribution in [2.24, 2.45) is 17.6 Å². The normalized spacial score (nSPS) is 26.2. The summed E-state index contributed by atoms with van der Waals surface area (Å²) in [5.41, 5.74) is 5.41. The summed E-state index contributed by atoms with van der Waals surface area (Å²) >= 11 is 0. The number of carboxylic acid groups (broad SMARTS) is 1. The van der Waals surface area contributed by atoms with E-state index in [-0.39, 0.29) is 6.42 Å². The quantitative estimate of drug-likeness (QED) is 0.0868. The third-order valence-electron chi connectivity index (χ3n) is 4.92. The number of amides is 2. The van der Waals surface area contributed by atoms with Gasteiger partial charge in [0, 0.05) is 18.9 Å². The molecular weight excluding hydrogens is 401 g/mol. The Hall–Kier alpha value is -2.42. The first-order valence-electron chi connectivity index (χ1n) is 9.49. The third-order valence-corrected chi connectivity index (χ3v) is 4.92. The highest BCUT2D eigenvalue weighted by atomic mass is 16.5. The molecule has 14 heteroatoms. The Morgan fingerprint density at radius 2 is 1.97 bits per heavy atom. The second-order valence-electron chi connectivity index (χ2n) is 7.12. The largest absolute Gasteiger partial charge is 0.481 e. The Morgan fingerprint density at radius 1 is 1.33 bits per heavy atom. The number of ether oxygens (including phenoxy) is 1. The highest BCUT2D eigenvalue weighted by molar-refractivity contribution is 6.35. The first-order chi connectivity index (χ1) is 14.0. The van der Waals surface area contributed by atoms with E-state index in [1.54, 1.807) is 6.82 Å². The number of nitrogens with two attached hydrogens (primary N) is 1. The predicted molar refractivity (Wildman–Crippen MR) is 106 cm³/mol. The van der Waals surface area contributed by atoms with Crippen LogP contribution >= 0.6 is 0 Å². The standard InChI is InChI=1S/C16H30BN5O8/c1-6(24)20-12(13(27)9(25)4-23)11-8(21-16(18)19)3-7(15(28)29)14(11)30-5-10(26)22-17-2/h7-9,11-14,17,23,25,27H,3-5H2,1-2H3,(H,20,24)(H,22,26)(H,28,29)(H4,18,19,21)/t7-,8+,9-,11+,12-,13-,14+/m0/s1. The fourth-order valence-corrected chi connectivity index (χ4v) is 3.75. The number of carbonyl (C=O) groups is 3. The predicted octanol–water partition coefficient (Wildman–Crippen LogP) is -4.32. The summed E-state index contributed by atoms with van der Waals surface area (Å²) in [7, 11) is 0.336. The molecule has 0 unspecified atom stereocenters. The number of aliphatic hydroxyl groups excluding tert-OH is 3. The fourth-order valence-electron chi connectivity index (χ4n) is 3.75. The summed E-state index contributed by atoms with van der Waals surface area (Å²) in [5.74, 6) is -4.97. The first-order valence-corrected chi connectivity index (χ1v) is 9.49. The lowest BCUT2D eigenvalue weighted by Crippen LogP contribution is -2.60. The molecule has 2 amide bonds. The molecule has 0 bridgehead atoms. The lowest BCUT2D eigenvalue weighted by molar-refractivity contribution is -0.150. The van der Waals surface area contributed by atoms with Gasteiger partial charge in [-0.2, -0.15) is 0 Å². The van der Waals surface area contributed by atoms with Crippen LogP contribution < -0.4 is 21.6 Å². The number of hydrogen-bond acceptors (Lipinski definition) is 8. The van der Waals surface area contributed by atoms with Crippen LogP contribution in [0.25, 0.3) is 0 Å². The molecule has 1 fully saturated rings. The van der Waals surface area contributed by atoms with E-state index in [9.17, 15) is 34.8 Å². The van der Waals surface area contributed by atoms with Gasteiger partial charge < -0.3 is 46.8 Å². The van der Waals surface area contributed by atoms with E-state index >= 15 is 0 Å². The van der Waals surface area contributed by atoms with E-state index in [1.807, 2.05) is 0 Å². The van der Waals surface area contributed by atoms with Crippen LogP contribution in [0.2, 0.25) is 6.82 Å². The minimum atomic E-state index is -1.69. The zero-order valence-electron chi connectivity index (χ0n) is 16.9. The number of hydrogen-bond donors (Lipinski definition) is 9. The van der Waals surface area contributed by atoms with Gasteiger partial charge in [-0.25, -0.2) is 0 Å². The van der Waals surface area contributed by atoms with Crippen molar-refractivity contribution in [2.45, 2.75) is 50.6 Å². The minimum Gasteiger partial charge on any atom is -0.481 e. The van der Waals surface area contributed by atoms with Gasteiger partial charge >= 0.3 is 5.97 Å². The molecule has 0 aromatic carbocycles. The van der Waals surface area contributed by atoms with Crippen LogP contribution in [0.3, 0.4) is 0 Å². The van der Waals surface area contributed by atoms with Crippen molar-refractivity contribution in [3.05, 3.63) is 0 Å². The van der Waals surface area contributed by atoms with Gasteiger partial charge in [0.2, 0.25) is 19.2 Å². The van der Waals surface area contributed by atoms with Gasteiger partial charge in [0.05, 0.1) is 24.7 Å². The molecule has 30 heavy (non-hydrogen) atoms. The highest BCUT2D eigenvalue weighted by Gasteiger charge is 2.53. The van der Waals surface area contributed by atoms with Crippen LogP contribution in [-0.4, -0.2) is 95.2 Å². The maximum atomic E-state index is 11.8. The maximum Gasteiger partial charge on any atom is 0.309 e. The number of aliphatic carboxylic acids is 1. The zero-order chi connectivity index (χ0) is 23.0. The average molecular weight is 431 g/mol. The number of guanidine groups is 1. The van der Waals surface area contributed by atoms with Gasteiger partial charge in [0.15, 0.2) is 5.96 Å². The average Bonchev–Trinajstić information content (AvgIpc) is 3.00. The monoisotopic (exact) mass is 431 g/mol. The Labute approximate surface area is 174 Å². The second kappa shape index (κ2) is 11.7. The minimum absolute atomic E-state index is 0.0856. The molecule has 0 saturated heterocycles.